The van der Waals surface area contributed by atoms with Gasteiger partial charge in [-0.3, -0.25) is 0 Å². The maximum atomic E-state index is 5.90. The molecular formula is C13H14BrClN4S. The Morgan fingerprint density at radius 2 is 2.05 bits per heavy atom. The van der Waals surface area contributed by atoms with E-state index in [1.807, 2.05) is 24.3 Å². The van der Waals surface area contributed by atoms with E-state index in [0.717, 1.165) is 45.6 Å². The maximum absolute atomic E-state index is 5.90. The average Bonchev–Trinajstić information content (AvgIpc) is 2.83. The van der Waals surface area contributed by atoms with Crippen molar-refractivity contribution in [3.05, 3.63) is 40.5 Å². The van der Waals surface area contributed by atoms with E-state index in [1.165, 1.54) is 0 Å². The van der Waals surface area contributed by atoms with E-state index in [4.69, 9.17) is 11.6 Å². The number of fused-ring (bicyclic) bond motifs is 1. The first-order chi connectivity index (χ1) is 9.28. The predicted molar refractivity (Wildman–Crippen MR) is 88.5 cm³/mol. The molecule has 0 bridgehead atoms. The third kappa shape index (κ3) is 3.07. The molecule has 0 atom stereocenters. The number of aryl methyl sites for hydroxylation is 1. The Labute approximate surface area is 137 Å². The third-order valence-corrected chi connectivity index (χ3v) is 4.25. The lowest BCUT2D eigenvalue weighted by atomic mass is 10.1. The van der Waals surface area contributed by atoms with Gasteiger partial charge in [0.15, 0.2) is 0 Å². The van der Waals surface area contributed by atoms with Crippen molar-refractivity contribution in [1.29, 1.82) is 0 Å². The van der Waals surface area contributed by atoms with Crippen molar-refractivity contribution in [3.8, 4) is 0 Å². The zero-order chi connectivity index (χ0) is 13.2. The lowest BCUT2D eigenvalue weighted by molar-refractivity contribution is 0.641. The molecule has 0 aliphatic carbocycles. The van der Waals surface area contributed by atoms with Crippen LogP contribution in [-0.4, -0.2) is 26.6 Å². The Bertz CT molecular complexity index is 624. The molecule has 2 heterocycles. The van der Waals surface area contributed by atoms with E-state index in [-0.39, 0.29) is 17.0 Å². The Morgan fingerprint density at radius 1 is 1.30 bits per heavy atom. The van der Waals surface area contributed by atoms with Crippen LogP contribution in [0.25, 0.3) is 0 Å². The second-order valence-electron chi connectivity index (χ2n) is 4.32. The molecule has 106 valence electrons. The summed E-state index contributed by atoms with van der Waals surface area (Å²) in [7, 11) is 0. The molecule has 0 fully saturated rings. The molecule has 0 saturated carbocycles. The van der Waals surface area contributed by atoms with Gasteiger partial charge in [-0.2, -0.15) is 5.10 Å². The summed E-state index contributed by atoms with van der Waals surface area (Å²) in [6.45, 7) is 2.14. The first-order valence-corrected chi connectivity index (χ1v) is 7.55. The molecule has 0 radical (unpaired) electrons. The molecule has 0 amide bonds. The molecule has 0 spiro atoms. The van der Waals surface area contributed by atoms with Crippen molar-refractivity contribution in [1.82, 2.24) is 15.1 Å². The van der Waals surface area contributed by atoms with Gasteiger partial charge in [0, 0.05) is 10.8 Å². The number of rotatable bonds is 3. The minimum Gasteiger partial charge on any atom is -0.152 e. The van der Waals surface area contributed by atoms with E-state index in [2.05, 4.69) is 22.3 Å². The first kappa shape index (κ1) is 15.5. The van der Waals surface area contributed by atoms with Gasteiger partial charge in [0.2, 0.25) is 0 Å². The highest BCUT2D eigenvalue weighted by molar-refractivity contribution is 8.93. The average molecular weight is 374 g/mol. The normalized spacial score (nSPS) is 13.4. The summed E-state index contributed by atoms with van der Waals surface area (Å²) in [4.78, 5) is 1.64. The summed E-state index contributed by atoms with van der Waals surface area (Å²) < 4.78 is 0. The number of halogens is 2. The summed E-state index contributed by atoms with van der Waals surface area (Å²) in [6.07, 6.45) is 2.02. The number of aromatic nitrogens is 3. The van der Waals surface area contributed by atoms with E-state index in [1.54, 1.807) is 16.6 Å². The molecule has 0 saturated heterocycles. The topological polar surface area (TPSA) is 43.1 Å². The molecule has 0 N–H and O–H groups in total. The Morgan fingerprint density at radius 3 is 2.75 bits per heavy atom. The smallest absolute Gasteiger partial charge is 0.144 e. The number of hydrogen-bond acceptors (Lipinski definition) is 4. The first-order valence-electron chi connectivity index (χ1n) is 6.19. The summed E-state index contributed by atoms with van der Waals surface area (Å²) in [6, 6.07) is 7.72. The second kappa shape index (κ2) is 6.74. The summed E-state index contributed by atoms with van der Waals surface area (Å²) >= 11 is 7.64. The minimum atomic E-state index is 0. The summed E-state index contributed by atoms with van der Waals surface area (Å²) in [5, 5.41) is 14.6. The van der Waals surface area contributed by atoms with Crippen LogP contribution in [0, 0.1) is 0 Å². The van der Waals surface area contributed by atoms with Gasteiger partial charge in [-0.1, -0.05) is 48.8 Å². The van der Waals surface area contributed by atoms with Gasteiger partial charge in [-0.05, 0) is 29.3 Å². The van der Waals surface area contributed by atoms with Crippen LogP contribution < -0.4 is 0 Å². The molecule has 0 unspecified atom stereocenters. The SMILES string of the molecule is Br.CCCc1nnn2c1SCC(c1ccc(Cl)cc1)=N2. The fraction of sp³-hybridized carbons (Fsp3) is 0.308. The summed E-state index contributed by atoms with van der Waals surface area (Å²) in [5.74, 6) is 0.839. The second-order valence-corrected chi connectivity index (χ2v) is 5.72. The van der Waals surface area contributed by atoms with Crippen LogP contribution >= 0.6 is 40.3 Å². The summed E-state index contributed by atoms with van der Waals surface area (Å²) in [5.41, 5.74) is 3.13. The number of thioether (sulfide) groups is 1. The standard InChI is InChI=1S/C13H13ClN4S.BrH/c1-2-3-11-13-18(17-15-11)16-12(8-19-13)9-4-6-10(14)7-5-9;/h4-7H,2-3,8H2,1H3;1H. The van der Waals surface area contributed by atoms with Crippen molar-refractivity contribution in [2.75, 3.05) is 5.75 Å². The van der Waals surface area contributed by atoms with Crippen LogP contribution in [0.5, 0.6) is 0 Å². The molecular weight excluding hydrogens is 360 g/mol. The van der Waals surface area contributed by atoms with Gasteiger partial charge in [0.25, 0.3) is 0 Å². The monoisotopic (exact) mass is 372 g/mol. The molecule has 1 aromatic heterocycles. The van der Waals surface area contributed by atoms with Crippen molar-refractivity contribution < 1.29 is 0 Å². The van der Waals surface area contributed by atoms with Crippen LogP contribution in [0.1, 0.15) is 24.6 Å². The van der Waals surface area contributed by atoms with Crippen molar-refractivity contribution in [2.45, 2.75) is 24.8 Å². The van der Waals surface area contributed by atoms with E-state index in [9.17, 15) is 0 Å². The molecule has 4 nitrogen and oxygen atoms in total. The van der Waals surface area contributed by atoms with Gasteiger partial charge < -0.3 is 0 Å². The van der Waals surface area contributed by atoms with Crippen molar-refractivity contribution >= 4 is 46.1 Å². The van der Waals surface area contributed by atoms with E-state index < -0.39 is 0 Å². The van der Waals surface area contributed by atoms with Gasteiger partial charge in [0.05, 0.1) is 11.4 Å². The van der Waals surface area contributed by atoms with Crippen LogP contribution in [0.2, 0.25) is 5.02 Å². The molecule has 20 heavy (non-hydrogen) atoms. The lowest BCUT2D eigenvalue weighted by Crippen LogP contribution is -2.14. The lowest BCUT2D eigenvalue weighted by Gasteiger charge is -2.13. The zero-order valence-corrected chi connectivity index (χ0v) is 14.2. The van der Waals surface area contributed by atoms with Gasteiger partial charge >= 0.3 is 0 Å². The number of nitrogens with zero attached hydrogens (tertiary/aromatic N) is 4. The predicted octanol–water partition coefficient (Wildman–Crippen LogP) is 3.82. The van der Waals surface area contributed by atoms with Gasteiger partial charge in [-0.25, -0.2) is 0 Å². The number of benzene rings is 1. The Kier molecular flexibility index (Phi) is 5.23. The molecule has 3 rings (SSSR count). The Balaban J connectivity index is 0.00000147. The highest BCUT2D eigenvalue weighted by atomic mass is 79.9. The Hall–Kier alpha value is -0.850. The zero-order valence-electron chi connectivity index (χ0n) is 10.9. The fourth-order valence-electron chi connectivity index (χ4n) is 1.96. The van der Waals surface area contributed by atoms with Crippen LogP contribution in [0.4, 0.5) is 0 Å². The number of hydrogen-bond donors (Lipinski definition) is 0. The molecule has 1 aliphatic heterocycles. The van der Waals surface area contributed by atoms with Crippen molar-refractivity contribution in [2.24, 2.45) is 5.10 Å². The minimum absolute atomic E-state index is 0. The van der Waals surface area contributed by atoms with E-state index in [0.29, 0.717) is 0 Å². The fourth-order valence-corrected chi connectivity index (χ4v) is 3.08. The van der Waals surface area contributed by atoms with Gasteiger partial charge in [0.1, 0.15) is 5.03 Å². The highest BCUT2D eigenvalue weighted by Crippen LogP contribution is 2.27. The maximum Gasteiger partial charge on any atom is 0.144 e. The van der Waals surface area contributed by atoms with Crippen molar-refractivity contribution in [3.63, 3.8) is 0 Å². The molecule has 7 heteroatoms. The molecule has 1 aliphatic rings. The molecule has 1 aromatic carbocycles. The van der Waals surface area contributed by atoms with Crippen LogP contribution in [-0.2, 0) is 6.42 Å². The quantitative estimate of drug-likeness (QED) is 0.821. The van der Waals surface area contributed by atoms with Gasteiger partial charge in [-0.15, -0.1) is 26.9 Å². The largest absolute Gasteiger partial charge is 0.152 e. The molecule has 2 aromatic rings. The van der Waals surface area contributed by atoms with Crippen LogP contribution in [0.15, 0.2) is 34.4 Å². The third-order valence-electron chi connectivity index (χ3n) is 2.90. The highest BCUT2D eigenvalue weighted by Gasteiger charge is 2.19. The van der Waals surface area contributed by atoms with E-state index >= 15 is 0 Å². The van der Waals surface area contributed by atoms with Crippen LogP contribution in [0.3, 0.4) is 0 Å².